The van der Waals surface area contributed by atoms with Gasteiger partial charge in [0.05, 0.1) is 5.92 Å². The first-order valence-electron chi connectivity index (χ1n) is 6.12. The zero-order chi connectivity index (χ0) is 14.5. The zero-order valence-electron chi connectivity index (χ0n) is 10.9. The van der Waals surface area contributed by atoms with E-state index in [1.807, 2.05) is 0 Å². The molecule has 2 aromatic rings. The molecule has 5 nitrogen and oxygen atoms in total. The molecule has 0 aliphatic heterocycles. The van der Waals surface area contributed by atoms with E-state index in [1.165, 1.54) is 0 Å². The molecule has 20 heavy (non-hydrogen) atoms. The number of carboxylic acids is 1. The Morgan fingerprint density at radius 2 is 1.70 bits per heavy atom. The van der Waals surface area contributed by atoms with Gasteiger partial charge in [0.25, 0.3) is 5.91 Å². The maximum absolute atomic E-state index is 11.9. The van der Waals surface area contributed by atoms with Crippen molar-refractivity contribution in [1.29, 1.82) is 0 Å². The van der Waals surface area contributed by atoms with Crippen LogP contribution in [-0.2, 0) is 4.79 Å². The summed E-state index contributed by atoms with van der Waals surface area (Å²) in [7, 11) is 0. The van der Waals surface area contributed by atoms with Crippen molar-refractivity contribution in [2.45, 2.75) is 12.8 Å². The lowest BCUT2D eigenvalue weighted by Crippen LogP contribution is -2.12. The highest BCUT2D eigenvalue weighted by molar-refractivity contribution is 6.04. The summed E-state index contributed by atoms with van der Waals surface area (Å²) in [5, 5.41) is 11.7. The number of anilines is 1. The van der Waals surface area contributed by atoms with Crippen molar-refractivity contribution in [1.82, 2.24) is 4.98 Å². The molecule has 0 saturated heterocycles. The normalized spacial score (nSPS) is 11.7. The number of nitrogens with one attached hydrogen (secondary N) is 1. The van der Waals surface area contributed by atoms with Crippen LogP contribution in [0.5, 0.6) is 0 Å². The van der Waals surface area contributed by atoms with E-state index in [4.69, 9.17) is 5.11 Å². The average molecular weight is 270 g/mol. The third-order valence-electron chi connectivity index (χ3n) is 2.98. The number of carbonyl (C=O) groups excluding carboxylic acids is 1. The lowest BCUT2D eigenvalue weighted by molar-refractivity contribution is -0.138. The summed E-state index contributed by atoms with van der Waals surface area (Å²) in [5.74, 6) is -1.68. The number of benzene rings is 1. The minimum Gasteiger partial charge on any atom is -0.481 e. The van der Waals surface area contributed by atoms with Crippen LogP contribution in [0.1, 0.15) is 28.8 Å². The van der Waals surface area contributed by atoms with Gasteiger partial charge in [0.1, 0.15) is 0 Å². The number of nitrogens with zero attached hydrogens (tertiary/aromatic N) is 1. The average Bonchev–Trinajstić information content (AvgIpc) is 2.48. The van der Waals surface area contributed by atoms with Crippen LogP contribution in [0.25, 0.3) is 0 Å². The van der Waals surface area contributed by atoms with Gasteiger partial charge in [0.15, 0.2) is 0 Å². The second kappa shape index (κ2) is 5.97. The fraction of sp³-hybridized carbons (Fsp3) is 0.133. The molecule has 2 N–H and O–H groups in total. The minimum absolute atomic E-state index is 0.230. The third kappa shape index (κ3) is 3.20. The van der Waals surface area contributed by atoms with Crippen LogP contribution in [-0.4, -0.2) is 22.0 Å². The first kappa shape index (κ1) is 13.7. The van der Waals surface area contributed by atoms with Crippen LogP contribution in [0, 0.1) is 0 Å². The van der Waals surface area contributed by atoms with Crippen LogP contribution in [0.15, 0.2) is 48.8 Å². The molecule has 1 unspecified atom stereocenters. The Labute approximate surface area is 116 Å². The van der Waals surface area contributed by atoms with Crippen LogP contribution < -0.4 is 5.32 Å². The van der Waals surface area contributed by atoms with E-state index in [2.05, 4.69) is 10.3 Å². The predicted molar refractivity (Wildman–Crippen MR) is 74.7 cm³/mol. The van der Waals surface area contributed by atoms with E-state index < -0.39 is 11.9 Å². The molecule has 102 valence electrons. The number of pyridine rings is 1. The maximum atomic E-state index is 11.9. The molecule has 0 radical (unpaired) electrons. The van der Waals surface area contributed by atoms with Crippen LogP contribution in [0.4, 0.5) is 5.69 Å². The summed E-state index contributed by atoms with van der Waals surface area (Å²) < 4.78 is 0. The second-order valence-electron chi connectivity index (χ2n) is 4.37. The van der Waals surface area contributed by atoms with Crippen molar-refractivity contribution in [2.75, 3.05) is 5.32 Å². The number of amides is 1. The molecule has 0 bridgehead atoms. The number of hydrogen-bond donors (Lipinski definition) is 2. The summed E-state index contributed by atoms with van der Waals surface area (Å²) in [4.78, 5) is 26.6. The van der Waals surface area contributed by atoms with Crippen molar-refractivity contribution in [3.63, 3.8) is 0 Å². The van der Waals surface area contributed by atoms with Crippen molar-refractivity contribution >= 4 is 17.6 Å². The fourth-order valence-corrected chi connectivity index (χ4v) is 1.70. The molecule has 0 fully saturated rings. The Bertz CT molecular complexity index is 609. The van der Waals surface area contributed by atoms with Gasteiger partial charge in [-0.25, -0.2) is 0 Å². The molecule has 5 heteroatoms. The summed E-state index contributed by atoms with van der Waals surface area (Å²) in [6.45, 7) is 1.62. The Morgan fingerprint density at radius 3 is 2.25 bits per heavy atom. The van der Waals surface area contributed by atoms with Gasteiger partial charge in [0.2, 0.25) is 0 Å². The first-order valence-corrected chi connectivity index (χ1v) is 6.12. The van der Waals surface area contributed by atoms with E-state index in [0.717, 1.165) is 0 Å². The van der Waals surface area contributed by atoms with Crippen molar-refractivity contribution in [2.24, 2.45) is 0 Å². The number of carbonyl (C=O) groups is 2. The maximum Gasteiger partial charge on any atom is 0.310 e. The largest absolute Gasteiger partial charge is 0.481 e. The standard InChI is InChI=1S/C15H14N2O3/c1-10(15(19)20)11-2-4-13(5-3-11)17-14(18)12-6-8-16-9-7-12/h2-10H,1H3,(H,17,18)(H,19,20). The first-order chi connectivity index (χ1) is 9.58. The van der Waals surface area contributed by atoms with Crippen molar-refractivity contribution in [3.8, 4) is 0 Å². The summed E-state index contributed by atoms with van der Waals surface area (Å²) in [6.07, 6.45) is 3.10. The molecule has 1 aromatic heterocycles. The number of hydrogen-bond acceptors (Lipinski definition) is 3. The Hall–Kier alpha value is -2.69. The molecular weight excluding hydrogens is 256 g/mol. The Kier molecular flexibility index (Phi) is 4.10. The number of aliphatic carboxylic acids is 1. The van der Waals surface area contributed by atoms with Crippen LogP contribution in [0.2, 0.25) is 0 Å². The summed E-state index contributed by atoms with van der Waals surface area (Å²) >= 11 is 0. The summed E-state index contributed by atoms with van der Waals surface area (Å²) in [5.41, 5.74) is 1.83. The number of carboxylic acid groups (broad SMARTS) is 1. The highest BCUT2D eigenvalue weighted by atomic mass is 16.4. The van der Waals surface area contributed by atoms with Gasteiger partial charge in [0, 0.05) is 23.6 Å². The van der Waals surface area contributed by atoms with E-state index in [9.17, 15) is 9.59 Å². The Balaban J connectivity index is 2.08. The monoisotopic (exact) mass is 270 g/mol. The fourth-order valence-electron chi connectivity index (χ4n) is 1.70. The van der Waals surface area contributed by atoms with E-state index in [-0.39, 0.29) is 5.91 Å². The van der Waals surface area contributed by atoms with Crippen LogP contribution >= 0.6 is 0 Å². The molecular formula is C15H14N2O3. The quantitative estimate of drug-likeness (QED) is 0.894. The van der Waals surface area contributed by atoms with Gasteiger partial charge >= 0.3 is 5.97 Å². The lowest BCUT2D eigenvalue weighted by Gasteiger charge is -2.09. The van der Waals surface area contributed by atoms with Crippen molar-refractivity contribution < 1.29 is 14.7 Å². The van der Waals surface area contributed by atoms with Gasteiger partial charge < -0.3 is 10.4 Å². The van der Waals surface area contributed by atoms with Gasteiger partial charge in [-0.15, -0.1) is 0 Å². The SMILES string of the molecule is CC(C(=O)O)c1ccc(NC(=O)c2ccncc2)cc1. The summed E-state index contributed by atoms with van der Waals surface area (Å²) in [6, 6.07) is 10.0. The smallest absolute Gasteiger partial charge is 0.310 e. The molecule has 1 amide bonds. The molecule has 1 atom stereocenters. The third-order valence-corrected chi connectivity index (χ3v) is 2.98. The lowest BCUT2D eigenvalue weighted by atomic mass is 10.0. The Morgan fingerprint density at radius 1 is 1.10 bits per heavy atom. The van der Waals surface area contributed by atoms with Gasteiger partial charge in [-0.05, 0) is 36.8 Å². The highest BCUT2D eigenvalue weighted by Gasteiger charge is 2.13. The van der Waals surface area contributed by atoms with Gasteiger partial charge in [-0.3, -0.25) is 14.6 Å². The van der Waals surface area contributed by atoms with E-state index in [1.54, 1.807) is 55.7 Å². The molecule has 0 aliphatic carbocycles. The topological polar surface area (TPSA) is 79.3 Å². The minimum atomic E-state index is -0.876. The highest BCUT2D eigenvalue weighted by Crippen LogP contribution is 2.18. The number of rotatable bonds is 4. The second-order valence-corrected chi connectivity index (χ2v) is 4.37. The molecule has 2 rings (SSSR count). The van der Waals surface area contributed by atoms with Gasteiger partial charge in [-0.1, -0.05) is 12.1 Å². The number of aromatic nitrogens is 1. The molecule has 1 aromatic carbocycles. The van der Waals surface area contributed by atoms with Crippen molar-refractivity contribution in [3.05, 3.63) is 59.9 Å². The van der Waals surface area contributed by atoms with E-state index >= 15 is 0 Å². The predicted octanol–water partition coefficient (Wildman–Crippen LogP) is 2.52. The van der Waals surface area contributed by atoms with Crippen LogP contribution in [0.3, 0.4) is 0 Å². The molecule has 0 spiro atoms. The molecule has 1 heterocycles. The zero-order valence-corrected chi connectivity index (χ0v) is 10.9. The van der Waals surface area contributed by atoms with Gasteiger partial charge in [-0.2, -0.15) is 0 Å². The molecule has 0 aliphatic rings. The van der Waals surface area contributed by atoms with E-state index in [0.29, 0.717) is 16.8 Å². The molecule has 0 saturated carbocycles.